The zero-order chi connectivity index (χ0) is 16.1. The molecular weight excluding hydrogens is 292 g/mol. The van der Waals surface area contributed by atoms with Crippen LogP contribution in [0.2, 0.25) is 0 Å². The van der Waals surface area contributed by atoms with Gasteiger partial charge in [0.2, 0.25) is 5.91 Å². The molecule has 1 aromatic carbocycles. The van der Waals surface area contributed by atoms with Crippen LogP contribution in [0.5, 0.6) is 0 Å². The minimum absolute atomic E-state index is 0.0173. The summed E-state index contributed by atoms with van der Waals surface area (Å²) in [6, 6.07) is 2.34. The van der Waals surface area contributed by atoms with E-state index >= 15 is 0 Å². The molecular formula is C15H19F2N3O2. The molecule has 2 rings (SSSR count). The first-order valence-electron chi connectivity index (χ1n) is 7.28. The van der Waals surface area contributed by atoms with Gasteiger partial charge in [-0.1, -0.05) is 19.4 Å². The van der Waals surface area contributed by atoms with Crippen LogP contribution in [0.25, 0.3) is 0 Å². The highest BCUT2D eigenvalue weighted by molar-refractivity contribution is 5.85. The standard InChI is InChI=1S/C15H19F2N3O2/c1-2-3-13(11-5-4-10(16)8-12(11)17)19-15(22)20-7-6-18-14(21)9-20/h4-5,8,13H,2-3,6-7,9H2,1H3,(H,18,21)(H,19,22)/t13-/m1/s1. The van der Waals surface area contributed by atoms with Gasteiger partial charge in [-0.2, -0.15) is 0 Å². The maximum Gasteiger partial charge on any atom is 0.318 e. The van der Waals surface area contributed by atoms with E-state index in [1.165, 1.54) is 17.0 Å². The van der Waals surface area contributed by atoms with Crippen molar-refractivity contribution in [3.8, 4) is 0 Å². The number of urea groups is 1. The van der Waals surface area contributed by atoms with Crippen molar-refractivity contribution in [2.75, 3.05) is 19.6 Å². The van der Waals surface area contributed by atoms with Crippen LogP contribution >= 0.6 is 0 Å². The molecule has 0 aromatic heterocycles. The van der Waals surface area contributed by atoms with Crippen LogP contribution < -0.4 is 10.6 Å². The molecule has 0 saturated carbocycles. The molecule has 0 aliphatic carbocycles. The fraction of sp³-hybridized carbons (Fsp3) is 0.467. The summed E-state index contributed by atoms with van der Waals surface area (Å²) in [4.78, 5) is 24.9. The lowest BCUT2D eigenvalue weighted by Crippen LogP contribution is -2.53. The molecule has 0 unspecified atom stereocenters. The number of carbonyl (C=O) groups excluding carboxylic acids is 2. The van der Waals surface area contributed by atoms with Crippen molar-refractivity contribution in [2.24, 2.45) is 0 Å². The summed E-state index contributed by atoms with van der Waals surface area (Å²) in [5, 5.41) is 5.36. The average molecular weight is 311 g/mol. The van der Waals surface area contributed by atoms with Crippen LogP contribution in [0.1, 0.15) is 31.4 Å². The maximum atomic E-state index is 13.9. The molecule has 120 valence electrons. The molecule has 3 amide bonds. The van der Waals surface area contributed by atoms with E-state index in [1.54, 1.807) is 0 Å². The van der Waals surface area contributed by atoms with E-state index < -0.39 is 23.7 Å². The molecule has 2 N–H and O–H groups in total. The minimum atomic E-state index is -0.685. The number of halogens is 2. The summed E-state index contributed by atoms with van der Waals surface area (Å²) in [5.41, 5.74) is 0.248. The summed E-state index contributed by atoms with van der Waals surface area (Å²) in [7, 11) is 0. The summed E-state index contributed by atoms with van der Waals surface area (Å²) < 4.78 is 26.9. The Bertz CT molecular complexity index is 566. The largest absolute Gasteiger partial charge is 0.353 e. The van der Waals surface area contributed by atoms with Gasteiger partial charge in [0.1, 0.15) is 18.2 Å². The van der Waals surface area contributed by atoms with Gasteiger partial charge >= 0.3 is 6.03 Å². The van der Waals surface area contributed by atoms with E-state index in [0.717, 1.165) is 12.5 Å². The summed E-state index contributed by atoms with van der Waals surface area (Å²) in [6.45, 7) is 2.70. The van der Waals surface area contributed by atoms with Gasteiger partial charge in [-0.05, 0) is 12.5 Å². The lowest BCUT2D eigenvalue weighted by atomic mass is 10.0. The summed E-state index contributed by atoms with van der Waals surface area (Å²) in [5.74, 6) is -1.56. The van der Waals surface area contributed by atoms with Gasteiger partial charge in [0, 0.05) is 24.7 Å². The molecule has 0 radical (unpaired) electrons. The Balaban J connectivity index is 2.10. The number of piperazine rings is 1. The molecule has 1 heterocycles. The number of hydrogen-bond donors (Lipinski definition) is 2. The highest BCUT2D eigenvalue weighted by Gasteiger charge is 2.24. The van der Waals surface area contributed by atoms with E-state index in [-0.39, 0.29) is 18.0 Å². The van der Waals surface area contributed by atoms with Crippen molar-refractivity contribution in [3.63, 3.8) is 0 Å². The molecule has 1 aromatic rings. The fourth-order valence-electron chi connectivity index (χ4n) is 2.43. The first kappa shape index (κ1) is 16.2. The van der Waals surface area contributed by atoms with Crippen molar-refractivity contribution in [2.45, 2.75) is 25.8 Å². The number of hydrogen-bond acceptors (Lipinski definition) is 2. The van der Waals surface area contributed by atoms with Crippen molar-refractivity contribution in [1.82, 2.24) is 15.5 Å². The van der Waals surface area contributed by atoms with Crippen LogP contribution in [0, 0.1) is 11.6 Å². The molecule has 22 heavy (non-hydrogen) atoms. The van der Waals surface area contributed by atoms with Gasteiger partial charge in [-0.15, -0.1) is 0 Å². The topological polar surface area (TPSA) is 61.4 Å². The van der Waals surface area contributed by atoms with E-state index in [0.29, 0.717) is 19.5 Å². The number of rotatable bonds is 4. The lowest BCUT2D eigenvalue weighted by molar-refractivity contribution is -0.123. The third-order valence-electron chi connectivity index (χ3n) is 3.54. The van der Waals surface area contributed by atoms with Crippen LogP contribution in [0.4, 0.5) is 13.6 Å². The molecule has 0 spiro atoms. The third-order valence-corrected chi connectivity index (χ3v) is 3.54. The number of carbonyl (C=O) groups is 2. The Morgan fingerprint density at radius 1 is 1.45 bits per heavy atom. The number of nitrogens with zero attached hydrogens (tertiary/aromatic N) is 1. The normalized spacial score (nSPS) is 16.1. The Kier molecular flexibility index (Phi) is 5.30. The first-order chi connectivity index (χ1) is 10.5. The molecule has 0 bridgehead atoms. The van der Waals surface area contributed by atoms with Crippen molar-refractivity contribution < 1.29 is 18.4 Å². The Morgan fingerprint density at radius 3 is 2.86 bits per heavy atom. The van der Waals surface area contributed by atoms with Gasteiger partial charge in [-0.25, -0.2) is 13.6 Å². The Labute approximate surface area is 127 Å². The van der Waals surface area contributed by atoms with Crippen LogP contribution in [-0.4, -0.2) is 36.5 Å². The second-order valence-electron chi connectivity index (χ2n) is 5.23. The van der Waals surface area contributed by atoms with Gasteiger partial charge in [-0.3, -0.25) is 4.79 Å². The number of benzene rings is 1. The Morgan fingerprint density at radius 2 is 2.23 bits per heavy atom. The summed E-state index contributed by atoms with van der Waals surface area (Å²) >= 11 is 0. The monoisotopic (exact) mass is 311 g/mol. The van der Waals surface area contributed by atoms with Gasteiger partial charge in [0.05, 0.1) is 6.04 Å². The highest BCUT2D eigenvalue weighted by Crippen LogP contribution is 2.22. The second-order valence-corrected chi connectivity index (χ2v) is 5.23. The van der Waals surface area contributed by atoms with Crippen molar-refractivity contribution >= 4 is 11.9 Å². The first-order valence-corrected chi connectivity index (χ1v) is 7.28. The Hall–Kier alpha value is -2.18. The predicted molar refractivity (Wildman–Crippen MR) is 77.1 cm³/mol. The average Bonchev–Trinajstić information content (AvgIpc) is 2.47. The number of nitrogens with one attached hydrogen (secondary N) is 2. The SMILES string of the molecule is CCC[C@@H](NC(=O)N1CCNC(=O)C1)c1ccc(F)cc1F. The molecule has 1 aliphatic heterocycles. The lowest BCUT2D eigenvalue weighted by Gasteiger charge is -2.29. The highest BCUT2D eigenvalue weighted by atomic mass is 19.1. The minimum Gasteiger partial charge on any atom is -0.353 e. The predicted octanol–water partition coefficient (Wildman–Crippen LogP) is 1.95. The molecule has 7 heteroatoms. The second kappa shape index (κ2) is 7.20. The van der Waals surface area contributed by atoms with Gasteiger partial charge in [0.25, 0.3) is 0 Å². The van der Waals surface area contributed by atoms with Crippen molar-refractivity contribution in [3.05, 3.63) is 35.4 Å². The molecule has 1 saturated heterocycles. The van der Waals surface area contributed by atoms with E-state index in [9.17, 15) is 18.4 Å². The molecule has 1 aliphatic rings. The van der Waals surface area contributed by atoms with E-state index in [4.69, 9.17) is 0 Å². The van der Waals surface area contributed by atoms with E-state index in [2.05, 4.69) is 10.6 Å². The molecule has 5 nitrogen and oxygen atoms in total. The summed E-state index contributed by atoms with van der Waals surface area (Å²) in [6.07, 6.45) is 1.25. The fourth-order valence-corrected chi connectivity index (χ4v) is 2.43. The van der Waals surface area contributed by atoms with Crippen LogP contribution in [-0.2, 0) is 4.79 Å². The van der Waals surface area contributed by atoms with Gasteiger partial charge in [0.15, 0.2) is 0 Å². The molecule has 1 fully saturated rings. The van der Waals surface area contributed by atoms with Crippen LogP contribution in [0.15, 0.2) is 18.2 Å². The quantitative estimate of drug-likeness (QED) is 0.893. The smallest absolute Gasteiger partial charge is 0.318 e. The third kappa shape index (κ3) is 3.93. The zero-order valence-electron chi connectivity index (χ0n) is 12.4. The maximum absolute atomic E-state index is 13.9. The van der Waals surface area contributed by atoms with E-state index in [1.807, 2.05) is 6.92 Å². The van der Waals surface area contributed by atoms with Crippen molar-refractivity contribution in [1.29, 1.82) is 0 Å². The van der Waals surface area contributed by atoms with Gasteiger partial charge < -0.3 is 15.5 Å². The molecule has 1 atom stereocenters. The zero-order valence-corrected chi connectivity index (χ0v) is 12.4. The number of amides is 3. The van der Waals surface area contributed by atoms with Crippen LogP contribution in [0.3, 0.4) is 0 Å².